The maximum atomic E-state index is 13.3. The van der Waals surface area contributed by atoms with Gasteiger partial charge in [0.2, 0.25) is 0 Å². The molecule has 144 valence electrons. The largest absolute Gasteiger partial charge is 0.287 e. The van der Waals surface area contributed by atoms with Crippen LogP contribution in [0.5, 0.6) is 0 Å². The van der Waals surface area contributed by atoms with Gasteiger partial charge in [-0.15, -0.1) is 11.3 Å². The quantitative estimate of drug-likeness (QED) is 0.535. The lowest BCUT2D eigenvalue weighted by molar-refractivity contribution is 0.474. The van der Waals surface area contributed by atoms with Crippen LogP contribution in [0.1, 0.15) is 37.6 Å². The van der Waals surface area contributed by atoms with Gasteiger partial charge in [0.15, 0.2) is 5.16 Å². The first-order valence-electron chi connectivity index (χ1n) is 9.01. The fraction of sp³-hybridized carbons (Fsp3) is 0.667. The SMILES string of the molecule is CC(C)Cn1c(SCCS(C)(=O)=O)nc2sc3c(c2c1=O)CCC(C)C3. The molecule has 3 rings (SSSR count). The average molecular weight is 415 g/mol. The number of nitrogens with zero attached hydrogens (tertiary/aromatic N) is 2. The minimum atomic E-state index is -3.02. The molecule has 0 amide bonds. The molecule has 0 spiro atoms. The van der Waals surface area contributed by atoms with Crippen molar-refractivity contribution in [3.63, 3.8) is 0 Å². The van der Waals surface area contributed by atoms with Crippen molar-refractivity contribution in [1.29, 1.82) is 0 Å². The summed E-state index contributed by atoms with van der Waals surface area (Å²) < 4.78 is 24.6. The molecular weight excluding hydrogens is 388 g/mol. The van der Waals surface area contributed by atoms with Crippen LogP contribution in [-0.2, 0) is 29.2 Å². The number of hydrogen-bond acceptors (Lipinski definition) is 6. The van der Waals surface area contributed by atoms with Crippen LogP contribution in [0.25, 0.3) is 10.2 Å². The summed E-state index contributed by atoms with van der Waals surface area (Å²) >= 11 is 3.01. The normalized spacial score (nSPS) is 17.8. The van der Waals surface area contributed by atoms with Crippen LogP contribution in [0.4, 0.5) is 0 Å². The Labute approximate surface area is 163 Å². The molecule has 0 saturated carbocycles. The predicted molar refractivity (Wildman–Crippen MR) is 110 cm³/mol. The molecule has 0 saturated heterocycles. The number of aryl methyl sites for hydroxylation is 1. The first kappa shape index (κ1) is 19.9. The molecule has 2 aromatic heterocycles. The van der Waals surface area contributed by atoms with Gasteiger partial charge in [0.1, 0.15) is 14.7 Å². The van der Waals surface area contributed by atoms with Crippen molar-refractivity contribution in [3.05, 3.63) is 20.8 Å². The zero-order valence-corrected chi connectivity index (χ0v) is 18.2. The zero-order valence-electron chi connectivity index (χ0n) is 15.7. The minimum Gasteiger partial charge on any atom is -0.287 e. The van der Waals surface area contributed by atoms with Crippen molar-refractivity contribution in [2.45, 2.75) is 51.7 Å². The van der Waals surface area contributed by atoms with Gasteiger partial charge in [-0.3, -0.25) is 9.36 Å². The summed E-state index contributed by atoms with van der Waals surface area (Å²) in [7, 11) is -3.02. The highest BCUT2D eigenvalue weighted by Gasteiger charge is 2.25. The van der Waals surface area contributed by atoms with Crippen LogP contribution >= 0.6 is 23.1 Å². The van der Waals surface area contributed by atoms with Crippen LogP contribution < -0.4 is 5.56 Å². The Morgan fingerprint density at radius 3 is 2.77 bits per heavy atom. The standard InChI is InChI=1S/C18H26N2O3S3/c1-11(2)10-20-17(21)15-13-6-5-12(3)9-14(13)25-16(15)19-18(20)24-7-8-26(4,22)23/h11-12H,5-10H2,1-4H3. The van der Waals surface area contributed by atoms with Crippen LogP contribution in [0.3, 0.4) is 0 Å². The summed E-state index contributed by atoms with van der Waals surface area (Å²) in [6.07, 6.45) is 4.33. The number of rotatable bonds is 6. The molecular formula is C18H26N2O3S3. The fourth-order valence-corrected chi connectivity index (χ4v) is 6.95. The van der Waals surface area contributed by atoms with E-state index in [1.807, 2.05) is 0 Å². The van der Waals surface area contributed by atoms with E-state index in [0.29, 0.717) is 29.3 Å². The first-order chi connectivity index (χ1) is 12.2. The van der Waals surface area contributed by atoms with Gasteiger partial charge < -0.3 is 0 Å². The Morgan fingerprint density at radius 2 is 2.12 bits per heavy atom. The number of sulfone groups is 1. The van der Waals surface area contributed by atoms with Crippen LogP contribution in [-0.4, -0.2) is 35.7 Å². The number of hydrogen-bond donors (Lipinski definition) is 0. The third-order valence-corrected chi connectivity index (χ3v) is 7.94. The van der Waals surface area contributed by atoms with Crippen molar-refractivity contribution in [1.82, 2.24) is 9.55 Å². The highest BCUT2D eigenvalue weighted by Crippen LogP contribution is 2.36. The Hall–Kier alpha value is -0.860. The molecule has 0 radical (unpaired) electrons. The summed E-state index contributed by atoms with van der Waals surface area (Å²) in [4.78, 5) is 20.2. The Balaban J connectivity index is 2.06. The second-order valence-corrected chi connectivity index (χ2v) is 12.1. The molecule has 2 aromatic rings. The van der Waals surface area contributed by atoms with Crippen LogP contribution in [0.15, 0.2) is 9.95 Å². The molecule has 1 atom stereocenters. The van der Waals surface area contributed by atoms with Crippen molar-refractivity contribution in [3.8, 4) is 0 Å². The highest BCUT2D eigenvalue weighted by molar-refractivity contribution is 8.00. The molecule has 0 fully saturated rings. The molecule has 5 nitrogen and oxygen atoms in total. The van der Waals surface area contributed by atoms with Gasteiger partial charge in [-0.2, -0.15) is 0 Å². The van der Waals surface area contributed by atoms with E-state index in [9.17, 15) is 13.2 Å². The van der Waals surface area contributed by atoms with Crippen LogP contribution in [0.2, 0.25) is 0 Å². The molecule has 26 heavy (non-hydrogen) atoms. The van der Waals surface area contributed by atoms with E-state index >= 15 is 0 Å². The van der Waals surface area contributed by atoms with Gasteiger partial charge in [0.05, 0.1) is 11.1 Å². The second-order valence-electron chi connectivity index (χ2n) is 7.71. The Kier molecular flexibility index (Phi) is 5.84. The summed E-state index contributed by atoms with van der Waals surface area (Å²) in [6.45, 7) is 7.01. The first-order valence-corrected chi connectivity index (χ1v) is 12.9. The van der Waals surface area contributed by atoms with Crippen molar-refractivity contribution >= 4 is 43.2 Å². The lowest BCUT2D eigenvalue weighted by Gasteiger charge is -2.18. The summed E-state index contributed by atoms with van der Waals surface area (Å²) in [5.74, 6) is 1.47. The van der Waals surface area contributed by atoms with E-state index in [1.165, 1.54) is 28.5 Å². The van der Waals surface area contributed by atoms with E-state index in [-0.39, 0.29) is 11.3 Å². The predicted octanol–water partition coefficient (Wildman–Crippen LogP) is 3.38. The third-order valence-electron chi connectivity index (χ3n) is 4.61. The second kappa shape index (κ2) is 7.64. The Morgan fingerprint density at radius 1 is 1.38 bits per heavy atom. The lowest BCUT2D eigenvalue weighted by atomic mass is 9.89. The van der Waals surface area contributed by atoms with Crippen molar-refractivity contribution < 1.29 is 8.42 Å². The van der Waals surface area contributed by atoms with Gasteiger partial charge in [-0.1, -0.05) is 32.5 Å². The number of thioether (sulfide) groups is 1. The van der Waals surface area contributed by atoms with Gasteiger partial charge in [-0.05, 0) is 36.7 Å². The molecule has 1 unspecified atom stereocenters. The van der Waals surface area contributed by atoms with Crippen molar-refractivity contribution in [2.75, 3.05) is 17.8 Å². The van der Waals surface area contributed by atoms with E-state index in [2.05, 4.69) is 20.8 Å². The number of aromatic nitrogens is 2. The maximum absolute atomic E-state index is 13.3. The van der Waals surface area contributed by atoms with Crippen LogP contribution in [0, 0.1) is 11.8 Å². The molecule has 0 bridgehead atoms. The number of fused-ring (bicyclic) bond motifs is 3. The minimum absolute atomic E-state index is 0.0395. The van der Waals surface area contributed by atoms with E-state index in [4.69, 9.17) is 4.98 Å². The van der Waals surface area contributed by atoms with Gasteiger partial charge in [0, 0.05) is 23.4 Å². The molecule has 8 heteroatoms. The summed E-state index contributed by atoms with van der Waals surface area (Å²) in [5.41, 5.74) is 1.24. The molecule has 2 heterocycles. The van der Waals surface area contributed by atoms with Crippen molar-refractivity contribution in [2.24, 2.45) is 11.8 Å². The average Bonchev–Trinajstić information content (AvgIpc) is 2.86. The molecule has 1 aliphatic carbocycles. The smallest absolute Gasteiger partial charge is 0.263 e. The van der Waals surface area contributed by atoms with E-state index in [1.54, 1.807) is 15.9 Å². The van der Waals surface area contributed by atoms with Gasteiger partial charge in [-0.25, -0.2) is 13.4 Å². The third kappa shape index (κ3) is 4.34. The van der Waals surface area contributed by atoms with E-state index < -0.39 is 9.84 Å². The molecule has 0 N–H and O–H groups in total. The lowest BCUT2D eigenvalue weighted by Crippen LogP contribution is -2.26. The summed E-state index contributed by atoms with van der Waals surface area (Å²) in [6, 6.07) is 0. The molecule has 1 aliphatic rings. The van der Waals surface area contributed by atoms with Gasteiger partial charge in [0.25, 0.3) is 5.56 Å². The highest BCUT2D eigenvalue weighted by atomic mass is 32.2. The fourth-order valence-electron chi connectivity index (χ4n) is 3.33. The number of thiophene rings is 1. The zero-order chi connectivity index (χ0) is 19.1. The van der Waals surface area contributed by atoms with E-state index in [0.717, 1.165) is 29.5 Å². The van der Waals surface area contributed by atoms with Gasteiger partial charge >= 0.3 is 0 Å². The Bertz CT molecular complexity index is 974. The molecule has 0 aliphatic heterocycles. The monoisotopic (exact) mass is 414 g/mol. The summed E-state index contributed by atoms with van der Waals surface area (Å²) in [5, 5.41) is 1.44. The maximum Gasteiger partial charge on any atom is 0.263 e. The molecule has 0 aromatic carbocycles. The topological polar surface area (TPSA) is 69.0 Å².